The van der Waals surface area contributed by atoms with Gasteiger partial charge in [-0.2, -0.15) is 0 Å². The molecule has 1 aliphatic rings. The Morgan fingerprint density at radius 1 is 1.17 bits per heavy atom. The Morgan fingerprint density at radius 2 is 1.89 bits per heavy atom. The molecule has 0 spiro atoms. The van der Waals surface area contributed by atoms with Crippen LogP contribution in [0.25, 0.3) is 0 Å². The molecule has 108 valence electrons. The van der Waals surface area contributed by atoms with Crippen LogP contribution in [0.3, 0.4) is 0 Å². The minimum Gasteiger partial charge on any atom is -0.381 e. The lowest BCUT2D eigenvalue weighted by molar-refractivity contribution is -0.0455. The highest BCUT2D eigenvalue weighted by atomic mass is 35.7. The van der Waals surface area contributed by atoms with E-state index < -0.39 is 9.05 Å². The third-order valence-corrected chi connectivity index (χ3v) is 4.08. The summed E-state index contributed by atoms with van der Waals surface area (Å²) in [5.41, 5.74) is 0. The van der Waals surface area contributed by atoms with Gasteiger partial charge in [-0.25, -0.2) is 8.42 Å². The van der Waals surface area contributed by atoms with Crippen molar-refractivity contribution in [3.63, 3.8) is 0 Å². The van der Waals surface area contributed by atoms with E-state index in [1.54, 1.807) is 7.11 Å². The molecule has 18 heavy (non-hydrogen) atoms. The zero-order valence-electron chi connectivity index (χ0n) is 10.6. The van der Waals surface area contributed by atoms with Crippen LogP contribution >= 0.6 is 10.7 Å². The second-order valence-electron chi connectivity index (χ2n) is 4.37. The van der Waals surface area contributed by atoms with Crippen LogP contribution < -0.4 is 0 Å². The average molecular weight is 301 g/mol. The van der Waals surface area contributed by atoms with Crippen molar-refractivity contribution in [1.82, 2.24) is 0 Å². The van der Waals surface area contributed by atoms with Crippen LogP contribution in [0.2, 0.25) is 0 Å². The van der Waals surface area contributed by atoms with Crippen molar-refractivity contribution < 1.29 is 22.6 Å². The summed E-state index contributed by atoms with van der Waals surface area (Å²) < 4.78 is 37.3. The van der Waals surface area contributed by atoms with Crippen LogP contribution in [0.1, 0.15) is 25.7 Å². The fourth-order valence-corrected chi connectivity index (χ4v) is 2.51. The molecular weight excluding hydrogens is 280 g/mol. The van der Waals surface area contributed by atoms with Crippen molar-refractivity contribution in [2.24, 2.45) is 0 Å². The first-order valence-corrected chi connectivity index (χ1v) is 8.63. The summed E-state index contributed by atoms with van der Waals surface area (Å²) in [4.78, 5) is 0. The third-order valence-electron chi connectivity index (χ3n) is 2.96. The Morgan fingerprint density at radius 3 is 2.56 bits per heavy atom. The van der Waals surface area contributed by atoms with E-state index >= 15 is 0 Å². The molecule has 5 nitrogen and oxygen atoms in total. The smallest absolute Gasteiger partial charge is 0.234 e. The minimum absolute atomic E-state index is 0.112. The van der Waals surface area contributed by atoms with Crippen LogP contribution in [-0.2, 0) is 23.3 Å². The van der Waals surface area contributed by atoms with Crippen molar-refractivity contribution in [2.75, 3.05) is 32.7 Å². The topological polar surface area (TPSA) is 61.8 Å². The molecule has 1 saturated carbocycles. The Kier molecular flexibility index (Phi) is 7.48. The van der Waals surface area contributed by atoms with E-state index in [0.29, 0.717) is 19.3 Å². The molecule has 0 heterocycles. The largest absolute Gasteiger partial charge is 0.381 e. The Hall–Kier alpha value is 0.120. The second-order valence-corrected chi connectivity index (χ2v) is 7.27. The number of methoxy groups -OCH3 is 1. The monoisotopic (exact) mass is 300 g/mol. The lowest BCUT2D eigenvalue weighted by Crippen LogP contribution is -2.28. The fraction of sp³-hybridized carbons (Fsp3) is 1.00. The molecule has 0 aromatic heterocycles. The average Bonchev–Trinajstić information content (AvgIpc) is 2.32. The number of rotatable bonds is 8. The highest BCUT2D eigenvalue weighted by molar-refractivity contribution is 8.13. The number of hydrogen-bond acceptors (Lipinski definition) is 5. The summed E-state index contributed by atoms with van der Waals surface area (Å²) in [7, 11) is 3.32. The van der Waals surface area contributed by atoms with Gasteiger partial charge < -0.3 is 14.2 Å². The van der Waals surface area contributed by atoms with Crippen molar-refractivity contribution >= 4 is 19.7 Å². The van der Waals surface area contributed by atoms with Crippen molar-refractivity contribution in [3.05, 3.63) is 0 Å². The minimum atomic E-state index is -3.45. The first-order valence-electron chi connectivity index (χ1n) is 6.15. The van der Waals surface area contributed by atoms with Gasteiger partial charge in [-0.3, -0.25) is 0 Å². The molecule has 0 aliphatic heterocycles. The molecular formula is C11H21ClO5S. The van der Waals surface area contributed by atoms with Gasteiger partial charge in [-0.1, -0.05) is 0 Å². The van der Waals surface area contributed by atoms with E-state index in [-0.39, 0.29) is 18.5 Å². The van der Waals surface area contributed by atoms with Crippen LogP contribution in [-0.4, -0.2) is 53.3 Å². The maximum atomic E-state index is 10.6. The molecule has 0 aromatic rings. The zero-order valence-corrected chi connectivity index (χ0v) is 12.2. The molecule has 2 atom stereocenters. The quantitative estimate of drug-likeness (QED) is 0.503. The lowest BCUT2D eigenvalue weighted by atomic mass is 9.95. The fourth-order valence-electron chi connectivity index (χ4n) is 2.00. The van der Waals surface area contributed by atoms with Gasteiger partial charge >= 0.3 is 0 Å². The number of halogens is 1. The zero-order chi connectivity index (χ0) is 13.4. The number of ether oxygens (including phenoxy) is 3. The van der Waals surface area contributed by atoms with E-state index in [4.69, 9.17) is 24.9 Å². The maximum Gasteiger partial charge on any atom is 0.234 e. The van der Waals surface area contributed by atoms with Crippen molar-refractivity contribution in [3.8, 4) is 0 Å². The standard InChI is InChI=1S/C11H21ClO5S/c1-15-10-3-2-4-11(9-10)17-6-5-16-7-8-18(12,13)14/h10-11H,2-9H2,1H3. The SMILES string of the molecule is COC1CCCC(OCCOCCS(=O)(=O)Cl)C1. The molecule has 1 aliphatic carbocycles. The third kappa shape index (κ3) is 7.53. The molecule has 7 heteroatoms. The van der Waals surface area contributed by atoms with Gasteiger partial charge in [0.2, 0.25) is 9.05 Å². The molecule has 0 radical (unpaired) electrons. The molecule has 0 amide bonds. The summed E-state index contributed by atoms with van der Waals surface area (Å²) >= 11 is 0. The van der Waals surface area contributed by atoms with E-state index in [0.717, 1.165) is 25.7 Å². The summed E-state index contributed by atoms with van der Waals surface area (Å²) in [6.45, 7) is 0.977. The van der Waals surface area contributed by atoms with Crippen LogP contribution in [0.15, 0.2) is 0 Å². The Balaban J connectivity index is 2.00. The predicted octanol–water partition coefficient (Wildman–Crippen LogP) is 1.55. The molecule has 2 unspecified atom stereocenters. The second kappa shape index (κ2) is 8.32. The predicted molar refractivity (Wildman–Crippen MR) is 69.5 cm³/mol. The molecule has 0 bridgehead atoms. The summed E-state index contributed by atoms with van der Waals surface area (Å²) in [5, 5.41) is 0. The van der Waals surface area contributed by atoms with Crippen LogP contribution in [0.5, 0.6) is 0 Å². The normalized spacial score (nSPS) is 25.2. The van der Waals surface area contributed by atoms with Gasteiger partial charge in [0.25, 0.3) is 0 Å². The Labute approximate surface area is 113 Å². The van der Waals surface area contributed by atoms with Crippen molar-refractivity contribution in [1.29, 1.82) is 0 Å². The molecule has 0 saturated heterocycles. The van der Waals surface area contributed by atoms with E-state index in [1.165, 1.54) is 0 Å². The van der Waals surface area contributed by atoms with Gasteiger partial charge in [0, 0.05) is 17.8 Å². The van der Waals surface area contributed by atoms with E-state index in [2.05, 4.69) is 0 Å². The molecule has 0 N–H and O–H groups in total. The Bertz CT molecular complexity index is 319. The van der Waals surface area contributed by atoms with Crippen LogP contribution in [0.4, 0.5) is 0 Å². The first-order chi connectivity index (χ1) is 8.51. The summed E-state index contributed by atoms with van der Waals surface area (Å²) in [6.07, 6.45) is 4.72. The molecule has 1 fully saturated rings. The van der Waals surface area contributed by atoms with E-state index in [9.17, 15) is 8.42 Å². The van der Waals surface area contributed by atoms with Gasteiger partial charge in [0.15, 0.2) is 0 Å². The van der Waals surface area contributed by atoms with Crippen molar-refractivity contribution in [2.45, 2.75) is 37.9 Å². The molecule has 1 rings (SSSR count). The molecule has 0 aromatic carbocycles. The maximum absolute atomic E-state index is 10.6. The van der Waals surface area contributed by atoms with E-state index in [1.807, 2.05) is 0 Å². The van der Waals surface area contributed by atoms with Crippen LogP contribution in [0, 0.1) is 0 Å². The summed E-state index contributed by atoms with van der Waals surface area (Å²) in [5.74, 6) is -0.163. The van der Waals surface area contributed by atoms with Gasteiger partial charge in [-0.05, 0) is 25.7 Å². The summed E-state index contributed by atoms with van der Waals surface area (Å²) in [6, 6.07) is 0. The lowest BCUT2D eigenvalue weighted by Gasteiger charge is -2.28. The highest BCUT2D eigenvalue weighted by Crippen LogP contribution is 2.22. The van der Waals surface area contributed by atoms with Gasteiger partial charge in [0.05, 0.1) is 37.8 Å². The van der Waals surface area contributed by atoms with Gasteiger partial charge in [-0.15, -0.1) is 0 Å². The first kappa shape index (κ1) is 16.2. The number of hydrogen-bond donors (Lipinski definition) is 0. The highest BCUT2D eigenvalue weighted by Gasteiger charge is 2.21. The van der Waals surface area contributed by atoms with Gasteiger partial charge in [0.1, 0.15) is 0 Å².